The van der Waals surface area contributed by atoms with Crippen LogP contribution in [0.5, 0.6) is 0 Å². The first-order valence-corrected chi connectivity index (χ1v) is 19.5. The number of nitrogens with two attached hydrogens (primary N) is 1. The number of hydrogen-bond acceptors (Lipinski definition) is 10. The lowest BCUT2D eigenvalue weighted by Crippen LogP contribution is -2.62. The average molecular weight is 703 g/mol. The van der Waals surface area contributed by atoms with Gasteiger partial charge < -0.3 is 20.7 Å². The summed E-state index contributed by atoms with van der Waals surface area (Å²) in [6.45, 7) is 8.76. The van der Waals surface area contributed by atoms with Gasteiger partial charge in [0.25, 0.3) is 5.91 Å². The molecule has 3 saturated carbocycles. The number of aromatic nitrogens is 1. The molecule has 2 heterocycles. The van der Waals surface area contributed by atoms with E-state index in [4.69, 9.17) is 10.5 Å². The Kier molecular flexibility index (Phi) is 11.5. The van der Waals surface area contributed by atoms with Crippen molar-refractivity contribution in [2.75, 3.05) is 25.4 Å². The number of primary amides is 1. The summed E-state index contributed by atoms with van der Waals surface area (Å²) in [5, 5.41) is 9.49. The molecule has 4 aliphatic rings. The zero-order valence-corrected chi connectivity index (χ0v) is 30.1. The number of amides is 3. The molecule has 1 saturated heterocycles. The third-order valence-corrected chi connectivity index (χ3v) is 13.0. The molecule has 13 nitrogen and oxygen atoms in total. The van der Waals surface area contributed by atoms with Crippen molar-refractivity contribution >= 4 is 33.3 Å². The average Bonchev–Trinajstić information content (AvgIpc) is 3.33. The van der Waals surface area contributed by atoms with E-state index in [1.54, 1.807) is 17.0 Å². The monoisotopic (exact) mass is 702 g/mol. The highest BCUT2D eigenvalue weighted by Crippen LogP contribution is 2.64. The number of sulfone groups is 1. The minimum absolute atomic E-state index is 0.0248. The first-order chi connectivity index (χ1) is 23.1. The van der Waals surface area contributed by atoms with Gasteiger partial charge in [0, 0.05) is 18.3 Å². The Morgan fingerprint density at radius 1 is 1.08 bits per heavy atom. The Hall–Kier alpha value is -2.94. The summed E-state index contributed by atoms with van der Waals surface area (Å²) >= 11 is 0. The summed E-state index contributed by atoms with van der Waals surface area (Å²) in [4.78, 5) is 57.9. The number of pyridine rings is 1. The molecule has 5 unspecified atom stereocenters. The van der Waals surface area contributed by atoms with Crippen molar-refractivity contribution in [3.63, 3.8) is 0 Å². The van der Waals surface area contributed by atoms with Gasteiger partial charge in [0.05, 0.1) is 24.9 Å². The molecule has 4 fully saturated rings. The highest BCUT2D eigenvalue weighted by atomic mass is 32.2. The van der Waals surface area contributed by atoms with E-state index in [9.17, 15) is 27.6 Å². The van der Waals surface area contributed by atoms with E-state index in [-0.39, 0.29) is 52.3 Å². The van der Waals surface area contributed by atoms with Crippen molar-refractivity contribution in [3.8, 4) is 0 Å². The molecule has 0 radical (unpaired) electrons. The van der Waals surface area contributed by atoms with E-state index in [2.05, 4.69) is 34.8 Å². The van der Waals surface area contributed by atoms with Crippen LogP contribution in [0.4, 0.5) is 0 Å². The first kappa shape index (κ1) is 37.3. The van der Waals surface area contributed by atoms with Gasteiger partial charge in [-0.15, -0.1) is 0 Å². The Bertz CT molecular complexity index is 1480. The van der Waals surface area contributed by atoms with Gasteiger partial charge >= 0.3 is 0 Å². The summed E-state index contributed by atoms with van der Waals surface area (Å²) in [5.41, 5.74) is 4.39. The number of carbonyl (C=O) groups excluding carboxylic acids is 4. The number of likely N-dealkylation sites (tertiary alicyclic amines) is 1. The lowest BCUT2D eigenvalue weighted by molar-refractivity contribution is -0.143. The number of rotatable bonds is 17. The molecule has 5 rings (SSSR count). The molecule has 14 heteroatoms. The SMILES string of the molecule is CC(C)COC(NCC(=O)N1CC2C(C1C(=O)NC(CC1CCC1)C(=O)C(N)=O)C2(C)C)NC1(CS(=O)(=O)c2ccccn2)CCCCC1. The molecule has 3 amide bonds. The lowest BCUT2D eigenvalue weighted by atomic mass is 9.80. The number of ether oxygens (including phenoxy) is 1. The lowest BCUT2D eigenvalue weighted by Gasteiger charge is -2.41. The second kappa shape index (κ2) is 15.1. The van der Waals surface area contributed by atoms with Gasteiger partial charge in [-0.3, -0.25) is 29.8 Å². The summed E-state index contributed by atoms with van der Waals surface area (Å²) < 4.78 is 33.2. The predicted octanol–water partition coefficient (Wildman–Crippen LogP) is 1.91. The number of nitrogens with zero attached hydrogens (tertiary/aromatic N) is 2. The molecular formula is C35H54N6O7S. The van der Waals surface area contributed by atoms with Gasteiger partial charge in [-0.05, 0) is 60.5 Å². The second-order valence-corrected chi connectivity index (χ2v) is 17.6. The second-order valence-electron chi connectivity index (χ2n) is 15.7. The van der Waals surface area contributed by atoms with Crippen molar-refractivity contribution in [1.82, 2.24) is 25.8 Å². The van der Waals surface area contributed by atoms with Gasteiger partial charge in [0.2, 0.25) is 17.6 Å². The number of Topliss-reactive ketones (excluding diaryl/α,β-unsaturated/α-hetero) is 1. The number of hydrogen-bond donors (Lipinski definition) is 4. The third kappa shape index (κ3) is 8.69. The number of carbonyl (C=O) groups is 4. The van der Waals surface area contributed by atoms with E-state index < -0.39 is 51.4 Å². The molecule has 49 heavy (non-hydrogen) atoms. The standard InChI is InChI=1S/C35H54N6O7S/c1-22(2)20-48-33(40-35(14-7-5-8-15-35)21-49(46,47)26-13-6-9-16-37-26)38-18-27(42)41-19-24-28(34(24,3)4)29(41)32(45)39-25(30(43)31(36)44)17-23-11-10-12-23/h6,9,13,16,22-25,28-29,33,38,40H,5,7-8,10-12,14-15,17-21H2,1-4H3,(H2,36,44)(H,39,45). The van der Waals surface area contributed by atoms with Crippen LogP contribution >= 0.6 is 0 Å². The predicted molar refractivity (Wildman–Crippen MR) is 182 cm³/mol. The fraction of sp³-hybridized carbons (Fsp3) is 0.743. The largest absolute Gasteiger partial charge is 0.363 e. The molecule has 5 N–H and O–H groups in total. The van der Waals surface area contributed by atoms with Crippen LogP contribution in [-0.2, 0) is 33.8 Å². The molecule has 0 spiro atoms. The molecule has 5 atom stereocenters. The van der Waals surface area contributed by atoms with Crippen LogP contribution < -0.4 is 21.7 Å². The fourth-order valence-corrected chi connectivity index (χ4v) is 9.85. The van der Waals surface area contributed by atoms with Crippen LogP contribution in [-0.4, -0.2) is 91.2 Å². The first-order valence-electron chi connectivity index (χ1n) is 17.8. The summed E-state index contributed by atoms with van der Waals surface area (Å²) in [6.07, 6.45) is 7.84. The molecule has 3 aliphatic carbocycles. The van der Waals surface area contributed by atoms with Crippen molar-refractivity contribution in [2.24, 2.45) is 34.8 Å². The van der Waals surface area contributed by atoms with Crippen LogP contribution in [0.2, 0.25) is 0 Å². The van der Waals surface area contributed by atoms with E-state index in [0.717, 1.165) is 38.5 Å². The summed E-state index contributed by atoms with van der Waals surface area (Å²) in [7, 11) is -3.73. The Morgan fingerprint density at radius 3 is 2.39 bits per heavy atom. The van der Waals surface area contributed by atoms with Crippen LogP contribution in [0.25, 0.3) is 0 Å². The van der Waals surface area contributed by atoms with Gasteiger partial charge in [-0.2, -0.15) is 0 Å². The maximum Gasteiger partial charge on any atom is 0.287 e. The van der Waals surface area contributed by atoms with E-state index in [0.29, 0.717) is 32.4 Å². The molecule has 1 aromatic heterocycles. The van der Waals surface area contributed by atoms with Gasteiger partial charge in [-0.25, -0.2) is 13.4 Å². The number of fused-ring (bicyclic) bond motifs is 1. The quantitative estimate of drug-likeness (QED) is 0.138. The smallest absolute Gasteiger partial charge is 0.287 e. The topological polar surface area (TPSA) is 190 Å². The number of piperidine rings is 1. The maximum atomic E-state index is 13.9. The molecular weight excluding hydrogens is 648 g/mol. The van der Waals surface area contributed by atoms with Gasteiger partial charge in [0.15, 0.2) is 21.2 Å². The molecule has 0 bridgehead atoms. The fourth-order valence-electron chi connectivity index (χ4n) is 8.09. The van der Waals surface area contributed by atoms with Gasteiger partial charge in [-0.1, -0.05) is 72.3 Å². The molecule has 1 aromatic rings. The van der Waals surface area contributed by atoms with E-state index in [1.807, 2.05) is 13.8 Å². The van der Waals surface area contributed by atoms with Crippen molar-refractivity contribution in [2.45, 2.75) is 114 Å². The highest BCUT2D eigenvalue weighted by molar-refractivity contribution is 7.91. The van der Waals surface area contributed by atoms with Crippen molar-refractivity contribution < 1.29 is 32.3 Å². The zero-order valence-electron chi connectivity index (χ0n) is 29.3. The van der Waals surface area contributed by atoms with Crippen molar-refractivity contribution in [1.29, 1.82) is 0 Å². The minimum atomic E-state index is -3.73. The Labute approximate surface area is 290 Å². The van der Waals surface area contributed by atoms with Crippen LogP contribution in [0.1, 0.15) is 85.5 Å². The summed E-state index contributed by atoms with van der Waals surface area (Å²) in [6, 6.07) is 3.03. The van der Waals surface area contributed by atoms with Crippen LogP contribution in [0.15, 0.2) is 29.4 Å². The van der Waals surface area contributed by atoms with Crippen LogP contribution in [0.3, 0.4) is 0 Å². The molecule has 0 aromatic carbocycles. The number of nitrogens with one attached hydrogen (secondary N) is 3. The van der Waals surface area contributed by atoms with Crippen molar-refractivity contribution in [3.05, 3.63) is 24.4 Å². The Morgan fingerprint density at radius 2 is 1.80 bits per heavy atom. The number of ketones is 1. The Balaban J connectivity index is 1.29. The molecule has 1 aliphatic heterocycles. The van der Waals surface area contributed by atoms with E-state index in [1.165, 1.54) is 12.3 Å². The summed E-state index contributed by atoms with van der Waals surface area (Å²) in [5.74, 6) is -2.36. The zero-order chi connectivity index (χ0) is 35.6. The van der Waals surface area contributed by atoms with Gasteiger partial charge in [0.1, 0.15) is 6.04 Å². The maximum absolute atomic E-state index is 13.9. The third-order valence-electron chi connectivity index (χ3n) is 11.2. The van der Waals surface area contributed by atoms with E-state index >= 15 is 0 Å². The minimum Gasteiger partial charge on any atom is -0.363 e. The van der Waals surface area contributed by atoms with Crippen LogP contribution in [0, 0.1) is 29.1 Å². The normalized spacial score (nSPS) is 25.6. The highest BCUT2D eigenvalue weighted by Gasteiger charge is 2.69. The molecule has 272 valence electrons.